The van der Waals surface area contributed by atoms with Gasteiger partial charge in [0.1, 0.15) is 34.0 Å². The SMILES string of the molecule is C#Cc1c(F)ccc2cc(O)cc(-c3nc(OC)c4c(N5CCC[C@@](C)(O)C5)nc(OC[C@]56CCC[C@H]5N(CC5CC(F)(F)C5)CCC6)nc4c3F)c12. The maximum absolute atomic E-state index is 17.2. The van der Waals surface area contributed by atoms with E-state index in [-0.39, 0.29) is 99.9 Å². The number of halogens is 4. The van der Waals surface area contributed by atoms with Crippen LogP contribution in [0.1, 0.15) is 70.3 Å². The van der Waals surface area contributed by atoms with Crippen molar-refractivity contribution in [1.82, 2.24) is 19.9 Å². The number of methoxy groups -OCH3 is 1. The Kier molecular flexibility index (Phi) is 8.84. The Morgan fingerprint density at radius 1 is 1.02 bits per heavy atom. The number of phenols is 1. The number of pyridine rings is 1. The van der Waals surface area contributed by atoms with Crippen LogP contribution in [0.3, 0.4) is 0 Å². The van der Waals surface area contributed by atoms with Gasteiger partial charge in [-0.05, 0) is 81.5 Å². The van der Waals surface area contributed by atoms with Gasteiger partial charge in [0.05, 0.1) is 24.9 Å². The van der Waals surface area contributed by atoms with Crippen molar-refractivity contribution in [3.8, 4) is 41.2 Å². The highest BCUT2D eigenvalue weighted by Crippen LogP contribution is 2.50. The lowest BCUT2D eigenvalue weighted by Gasteiger charge is -2.48. The number of benzene rings is 2. The second kappa shape index (κ2) is 13.2. The Morgan fingerprint density at radius 2 is 1.79 bits per heavy atom. The van der Waals surface area contributed by atoms with Gasteiger partial charge in [-0.1, -0.05) is 18.4 Å². The van der Waals surface area contributed by atoms with E-state index in [4.69, 9.17) is 20.9 Å². The summed E-state index contributed by atoms with van der Waals surface area (Å²) in [6.07, 6.45) is 11.4. The van der Waals surface area contributed by atoms with Gasteiger partial charge in [0.25, 0.3) is 0 Å². The lowest BCUT2D eigenvalue weighted by Crippen LogP contribution is -2.55. The predicted molar refractivity (Wildman–Crippen MR) is 192 cm³/mol. The first kappa shape index (κ1) is 35.6. The number of aromatic hydroxyl groups is 1. The number of fused-ring (bicyclic) bond motifs is 3. The molecule has 4 heterocycles. The lowest BCUT2D eigenvalue weighted by molar-refractivity contribution is -0.124. The summed E-state index contributed by atoms with van der Waals surface area (Å²) in [6, 6.07) is 5.42. The van der Waals surface area contributed by atoms with Gasteiger partial charge in [0.15, 0.2) is 5.82 Å². The van der Waals surface area contributed by atoms with Crippen LogP contribution in [-0.4, -0.2) is 87.5 Å². The number of rotatable bonds is 8. The minimum absolute atomic E-state index is 0.0164. The van der Waals surface area contributed by atoms with Crippen LogP contribution < -0.4 is 14.4 Å². The first-order chi connectivity index (χ1) is 25.3. The lowest BCUT2D eigenvalue weighted by atomic mass is 9.74. The highest BCUT2D eigenvalue weighted by molar-refractivity contribution is 6.04. The van der Waals surface area contributed by atoms with Crippen LogP contribution >= 0.6 is 0 Å². The molecule has 0 unspecified atom stereocenters. The van der Waals surface area contributed by atoms with E-state index in [0.29, 0.717) is 31.3 Å². The van der Waals surface area contributed by atoms with Gasteiger partial charge in [-0.2, -0.15) is 9.97 Å². The van der Waals surface area contributed by atoms with Crippen LogP contribution in [0, 0.1) is 35.3 Å². The molecule has 0 spiro atoms. The van der Waals surface area contributed by atoms with Crippen molar-refractivity contribution in [2.45, 2.75) is 82.3 Å². The molecule has 2 aromatic heterocycles. The average molecular weight is 734 g/mol. The van der Waals surface area contributed by atoms with Gasteiger partial charge < -0.3 is 24.6 Å². The van der Waals surface area contributed by atoms with Crippen LogP contribution in [0.2, 0.25) is 0 Å². The van der Waals surface area contributed by atoms with Crippen molar-refractivity contribution in [2.75, 3.05) is 44.8 Å². The fraction of sp³-hybridized carbons (Fsp3) is 0.525. The Bertz CT molecular complexity index is 2130. The first-order valence-electron chi connectivity index (χ1n) is 18.4. The Balaban J connectivity index is 1.23. The molecule has 0 amide bonds. The number of phenolic OH excluding ortho intramolecular Hbond substituents is 1. The van der Waals surface area contributed by atoms with Gasteiger partial charge >= 0.3 is 6.01 Å². The van der Waals surface area contributed by atoms with E-state index in [1.807, 2.05) is 4.90 Å². The number of likely N-dealkylation sites (tertiary alicyclic amines) is 1. The number of hydrogen-bond donors (Lipinski definition) is 2. The number of alkyl halides is 2. The molecule has 8 rings (SSSR count). The summed E-state index contributed by atoms with van der Waals surface area (Å²) in [5.74, 6) is -1.73. The largest absolute Gasteiger partial charge is 0.508 e. The maximum Gasteiger partial charge on any atom is 0.319 e. The van der Waals surface area contributed by atoms with Gasteiger partial charge in [0.2, 0.25) is 11.8 Å². The monoisotopic (exact) mass is 733 g/mol. The van der Waals surface area contributed by atoms with Crippen molar-refractivity contribution in [3.05, 3.63) is 41.5 Å². The van der Waals surface area contributed by atoms with Crippen LogP contribution in [0.25, 0.3) is 32.9 Å². The number of ether oxygens (including phenoxy) is 2. The van der Waals surface area contributed by atoms with E-state index in [1.165, 1.54) is 31.4 Å². The quantitative estimate of drug-likeness (QED) is 0.144. The van der Waals surface area contributed by atoms with Crippen molar-refractivity contribution >= 4 is 27.5 Å². The number of hydrogen-bond acceptors (Lipinski definition) is 9. The molecule has 13 heteroatoms. The van der Waals surface area contributed by atoms with Gasteiger partial charge in [-0.25, -0.2) is 22.5 Å². The zero-order chi connectivity index (χ0) is 37.3. The number of β-amino-alcohol motifs (C(OH)–C–C–N with tert-alkyl or cyclic N) is 1. The van der Waals surface area contributed by atoms with Crippen molar-refractivity contribution < 1.29 is 37.2 Å². The molecule has 0 bridgehead atoms. The van der Waals surface area contributed by atoms with E-state index in [1.54, 1.807) is 6.92 Å². The zero-order valence-corrected chi connectivity index (χ0v) is 29.9. The minimum atomic E-state index is -2.57. The molecule has 2 aliphatic carbocycles. The maximum atomic E-state index is 17.2. The first-order valence-corrected chi connectivity index (χ1v) is 18.4. The highest BCUT2D eigenvalue weighted by Gasteiger charge is 2.51. The van der Waals surface area contributed by atoms with E-state index >= 15 is 8.78 Å². The van der Waals surface area contributed by atoms with Gasteiger partial charge in [0, 0.05) is 54.9 Å². The minimum Gasteiger partial charge on any atom is -0.508 e. The average Bonchev–Trinajstić information content (AvgIpc) is 3.55. The van der Waals surface area contributed by atoms with Crippen LogP contribution in [0.4, 0.5) is 23.4 Å². The molecule has 4 aliphatic rings. The third kappa shape index (κ3) is 6.37. The van der Waals surface area contributed by atoms with Crippen molar-refractivity contribution in [3.63, 3.8) is 0 Å². The summed E-state index contributed by atoms with van der Waals surface area (Å²) >= 11 is 0. The van der Waals surface area contributed by atoms with Crippen molar-refractivity contribution in [1.29, 1.82) is 0 Å². The van der Waals surface area contributed by atoms with E-state index in [2.05, 4.69) is 20.8 Å². The molecule has 2 aromatic carbocycles. The molecule has 2 N–H and O–H groups in total. The zero-order valence-electron chi connectivity index (χ0n) is 29.9. The molecular formula is C40H43F4N5O4. The number of terminal acetylenes is 1. The summed E-state index contributed by atoms with van der Waals surface area (Å²) in [5.41, 5.74) is -1.78. The summed E-state index contributed by atoms with van der Waals surface area (Å²) < 4.78 is 71.9. The Labute approximate surface area is 305 Å². The fourth-order valence-corrected chi connectivity index (χ4v) is 9.56. The molecule has 2 aliphatic heterocycles. The summed E-state index contributed by atoms with van der Waals surface area (Å²) in [5, 5.41) is 22.5. The topological polar surface area (TPSA) is 104 Å². The number of nitrogens with zero attached hydrogens (tertiary/aromatic N) is 5. The second-order valence-electron chi connectivity index (χ2n) is 15.8. The van der Waals surface area contributed by atoms with Crippen molar-refractivity contribution in [2.24, 2.45) is 11.3 Å². The fourth-order valence-electron chi connectivity index (χ4n) is 9.56. The molecule has 9 nitrogen and oxygen atoms in total. The van der Waals surface area contributed by atoms with E-state index in [0.717, 1.165) is 38.6 Å². The Morgan fingerprint density at radius 3 is 2.53 bits per heavy atom. The number of aliphatic hydroxyl groups is 1. The molecule has 3 atom stereocenters. The van der Waals surface area contributed by atoms with Gasteiger partial charge in [-0.3, -0.25) is 4.90 Å². The van der Waals surface area contributed by atoms with Crippen LogP contribution in [0.5, 0.6) is 17.6 Å². The summed E-state index contributed by atoms with van der Waals surface area (Å²) in [4.78, 5) is 18.2. The predicted octanol–water partition coefficient (Wildman–Crippen LogP) is 7.23. The molecule has 4 fully saturated rings. The normalized spacial score (nSPS) is 26.0. The smallest absolute Gasteiger partial charge is 0.319 e. The summed E-state index contributed by atoms with van der Waals surface area (Å²) in [6.45, 7) is 4.21. The molecule has 2 saturated heterocycles. The molecule has 4 aromatic rings. The Hall–Kier alpha value is -4.41. The second-order valence-corrected chi connectivity index (χ2v) is 15.8. The van der Waals surface area contributed by atoms with E-state index < -0.39 is 23.2 Å². The summed E-state index contributed by atoms with van der Waals surface area (Å²) in [7, 11) is 1.39. The number of aromatic nitrogens is 3. The molecular weight excluding hydrogens is 690 g/mol. The third-order valence-corrected chi connectivity index (χ3v) is 11.9. The number of piperidine rings is 2. The third-order valence-electron chi connectivity index (χ3n) is 11.9. The molecule has 0 radical (unpaired) electrons. The van der Waals surface area contributed by atoms with Crippen LogP contribution in [-0.2, 0) is 0 Å². The molecule has 2 saturated carbocycles. The molecule has 280 valence electrons. The van der Waals surface area contributed by atoms with Gasteiger partial charge in [-0.15, -0.1) is 6.42 Å². The number of anilines is 1. The van der Waals surface area contributed by atoms with Crippen LogP contribution in [0.15, 0.2) is 24.3 Å². The standard InChI is InChI=1S/C40H43F4N5O4/c1-4-26-28(41)10-9-24-16-25(50)17-27(30(24)26)33-32(42)34-31(36(45-33)52-3)35(49-15-6-11-38(2,51)21-49)47-37(46-34)53-22-39-12-5-8-29(39)48(14-7-13-39)20-23-18-40(43,44)19-23/h1,9-10,16-17,23,29,50-51H,5-8,11-15,18-22H2,2-3H3/t29-,38-,39-/m1/s1. The van der Waals surface area contributed by atoms with E-state index in [9.17, 15) is 19.0 Å². The highest BCUT2D eigenvalue weighted by atomic mass is 19.3. The molecule has 53 heavy (non-hydrogen) atoms.